The van der Waals surface area contributed by atoms with E-state index in [4.69, 9.17) is 4.74 Å². The first-order chi connectivity index (χ1) is 6.81. The summed E-state index contributed by atoms with van der Waals surface area (Å²) < 4.78 is 30.1. The highest BCUT2D eigenvalue weighted by molar-refractivity contribution is 5.69. The lowest BCUT2D eigenvalue weighted by molar-refractivity contribution is -0.00225. The highest BCUT2D eigenvalue weighted by Gasteiger charge is 2.37. The van der Waals surface area contributed by atoms with Gasteiger partial charge in [0.2, 0.25) is 0 Å². The van der Waals surface area contributed by atoms with Gasteiger partial charge in [-0.3, -0.25) is 4.90 Å². The lowest BCUT2D eigenvalue weighted by Crippen LogP contribution is -2.42. The van der Waals surface area contributed by atoms with Gasteiger partial charge in [0.15, 0.2) is 0 Å². The number of ether oxygens (including phenoxy) is 1. The molecular formula is C10H17F2NO2. The number of halogens is 2. The summed E-state index contributed by atoms with van der Waals surface area (Å²) in [6, 6.07) is -0.972. The minimum absolute atomic E-state index is 0.358. The maximum atomic E-state index is 12.5. The van der Waals surface area contributed by atoms with Gasteiger partial charge in [-0.15, -0.1) is 0 Å². The second kappa shape index (κ2) is 4.33. The molecule has 1 amide bonds. The van der Waals surface area contributed by atoms with Crippen molar-refractivity contribution in [2.24, 2.45) is 0 Å². The van der Waals surface area contributed by atoms with Crippen LogP contribution in [0.15, 0.2) is 0 Å². The third kappa shape index (κ3) is 3.32. The molecule has 1 atom stereocenters. The van der Waals surface area contributed by atoms with Crippen LogP contribution in [-0.4, -0.2) is 35.6 Å². The molecule has 0 saturated carbocycles. The number of amides is 1. The Bertz CT molecular complexity index is 238. The Balaban J connectivity index is 2.59. The number of hydrogen-bond acceptors (Lipinski definition) is 2. The van der Waals surface area contributed by atoms with Crippen molar-refractivity contribution in [3.8, 4) is 0 Å². The summed E-state index contributed by atoms with van der Waals surface area (Å²) in [4.78, 5) is 12.7. The van der Waals surface area contributed by atoms with Gasteiger partial charge in [0.05, 0.1) is 6.04 Å². The number of carbonyl (C=O) groups is 1. The van der Waals surface area contributed by atoms with Crippen LogP contribution in [0.1, 0.15) is 33.6 Å². The predicted octanol–water partition coefficient (Wildman–Crippen LogP) is 2.65. The van der Waals surface area contributed by atoms with Gasteiger partial charge < -0.3 is 4.74 Å². The summed E-state index contributed by atoms with van der Waals surface area (Å²) in [6.07, 6.45) is -2.14. The van der Waals surface area contributed by atoms with Gasteiger partial charge in [0.25, 0.3) is 6.43 Å². The lowest BCUT2D eigenvalue weighted by Gasteiger charge is -2.28. The molecule has 0 aromatic carbocycles. The molecule has 0 unspecified atom stereocenters. The quantitative estimate of drug-likeness (QED) is 0.681. The van der Waals surface area contributed by atoms with Gasteiger partial charge in [-0.05, 0) is 33.6 Å². The number of likely N-dealkylation sites (tertiary alicyclic amines) is 1. The van der Waals surface area contributed by atoms with E-state index < -0.39 is 24.2 Å². The van der Waals surface area contributed by atoms with Gasteiger partial charge in [-0.1, -0.05) is 0 Å². The van der Waals surface area contributed by atoms with Crippen LogP contribution in [-0.2, 0) is 4.74 Å². The van der Waals surface area contributed by atoms with Crippen LogP contribution >= 0.6 is 0 Å². The molecule has 0 aromatic heterocycles. The Kier molecular flexibility index (Phi) is 3.52. The van der Waals surface area contributed by atoms with Gasteiger partial charge >= 0.3 is 6.09 Å². The second-order valence-corrected chi connectivity index (χ2v) is 4.72. The molecule has 0 spiro atoms. The molecule has 0 N–H and O–H groups in total. The van der Waals surface area contributed by atoms with E-state index in [2.05, 4.69) is 0 Å². The van der Waals surface area contributed by atoms with E-state index in [1.165, 1.54) is 0 Å². The number of alkyl halides is 2. The van der Waals surface area contributed by atoms with E-state index in [9.17, 15) is 13.6 Å². The molecule has 1 fully saturated rings. The third-order valence-electron chi connectivity index (χ3n) is 2.22. The Morgan fingerprint density at radius 2 is 2.07 bits per heavy atom. The summed E-state index contributed by atoms with van der Waals surface area (Å²) in [6.45, 7) is 5.53. The highest BCUT2D eigenvalue weighted by Crippen LogP contribution is 2.24. The first-order valence-corrected chi connectivity index (χ1v) is 5.09. The molecule has 1 rings (SSSR count). The summed E-state index contributed by atoms with van der Waals surface area (Å²) in [5, 5.41) is 0. The molecule has 5 heteroatoms. The van der Waals surface area contributed by atoms with Gasteiger partial charge in [-0.2, -0.15) is 0 Å². The maximum absolute atomic E-state index is 12.5. The SMILES string of the molecule is CC(C)(C)OC(=O)N1CCC[C@H]1C(F)F. The molecular weight excluding hydrogens is 204 g/mol. The van der Waals surface area contributed by atoms with Gasteiger partial charge in [-0.25, -0.2) is 13.6 Å². The minimum atomic E-state index is -2.49. The van der Waals surface area contributed by atoms with E-state index in [0.29, 0.717) is 19.4 Å². The van der Waals surface area contributed by atoms with E-state index in [1.807, 2.05) is 0 Å². The van der Waals surface area contributed by atoms with Crippen LogP contribution in [0.2, 0.25) is 0 Å². The molecule has 88 valence electrons. The fourth-order valence-corrected chi connectivity index (χ4v) is 1.60. The van der Waals surface area contributed by atoms with Crippen molar-refractivity contribution in [2.75, 3.05) is 6.54 Å². The van der Waals surface area contributed by atoms with Crippen LogP contribution in [0.5, 0.6) is 0 Å². The summed E-state index contributed by atoms with van der Waals surface area (Å²) in [7, 11) is 0. The number of hydrogen-bond donors (Lipinski definition) is 0. The van der Waals surface area contributed by atoms with Crippen molar-refractivity contribution in [3.05, 3.63) is 0 Å². The molecule has 15 heavy (non-hydrogen) atoms. The first kappa shape index (κ1) is 12.2. The van der Waals surface area contributed by atoms with Crippen LogP contribution < -0.4 is 0 Å². The average molecular weight is 221 g/mol. The summed E-state index contributed by atoms with van der Waals surface area (Å²) in [5.41, 5.74) is -0.633. The number of carbonyl (C=O) groups excluding carboxylic acids is 1. The number of nitrogens with zero attached hydrogens (tertiary/aromatic N) is 1. The Morgan fingerprint density at radius 1 is 1.47 bits per heavy atom. The van der Waals surface area contributed by atoms with E-state index in [-0.39, 0.29) is 0 Å². The molecule has 0 aromatic rings. The van der Waals surface area contributed by atoms with Crippen LogP contribution in [0.3, 0.4) is 0 Å². The van der Waals surface area contributed by atoms with Crippen LogP contribution in [0, 0.1) is 0 Å². The van der Waals surface area contributed by atoms with Crippen molar-refractivity contribution < 1.29 is 18.3 Å². The maximum Gasteiger partial charge on any atom is 0.410 e. The second-order valence-electron chi connectivity index (χ2n) is 4.72. The Morgan fingerprint density at radius 3 is 2.53 bits per heavy atom. The van der Waals surface area contributed by atoms with Gasteiger partial charge in [0, 0.05) is 6.54 Å². The largest absolute Gasteiger partial charge is 0.444 e. The van der Waals surface area contributed by atoms with Crippen molar-refractivity contribution in [1.29, 1.82) is 0 Å². The van der Waals surface area contributed by atoms with E-state index >= 15 is 0 Å². The number of rotatable bonds is 1. The normalized spacial score (nSPS) is 22.3. The van der Waals surface area contributed by atoms with Crippen molar-refractivity contribution in [3.63, 3.8) is 0 Å². The van der Waals surface area contributed by atoms with E-state index in [1.54, 1.807) is 20.8 Å². The molecule has 0 radical (unpaired) electrons. The highest BCUT2D eigenvalue weighted by atomic mass is 19.3. The van der Waals surface area contributed by atoms with E-state index in [0.717, 1.165) is 4.90 Å². The first-order valence-electron chi connectivity index (χ1n) is 5.09. The third-order valence-corrected chi connectivity index (χ3v) is 2.22. The molecule has 1 aliphatic heterocycles. The van der Waals surface area contributed by atoms with Crippen LogP contribution in [0.4, 0.5) is 13.6 Å². The lowest BCUT2D eigenvalue weighted by atomic mass is 10.2. The zero-order chi connectivity index (χ0) is 11.6. The Labute approximate surface area is 88.4 Å². The zero-order valence-corrected chi connectivity index (χ0v) is 9.30. The summed E-state index contributed by atoms with van der Waals surface area (Å²) >= 11 is 0. The molecule has 0 aliphatic carbocycles. The average Bonchev–Trinajstić information content (AvgIpc) is 2.47. The van der Waals surface area contributed by atoms with Crippen molar-refractivity contribution in [1.82, 2.24) is 4.90 Å². The van der Waals surface area contributed by atoms with Gasteiger partial charge in [0.1, 0.15) is 5.60 Å². The van der Waals surface area contributed by atoms with Crippen molar-refractivity contribution in [2.45, 2.75) is 51.7 Å². The fraction of sp³-hybridized carbons (Fsp3) is 0.900. The smallest absolute Gasteiger partial charge is 0.410 e. The molecule has 1 aliphatic rings. The summed E-state index contributed by atoms with van der Waals surface area (Å²) in [5.74, 6) is 0. The molecule has 1 saturated heterocycles. The topological polar surface area (TPSA) is 29.5 Å². The van der Waals surface area contributed by atoms with Crippen molar-refractivity contribution >= 4 is 6.09 Å². The molecule has 0 bridgehead atoms. The molecule has 1 heterocycles. The monoisotopic (exact) mass is 221 g/mol. The fourth-order valence-electron chi connectivity index (χ4n) is 1.60. The zero-order valence-electron chi connectivity index (χ0n) is 9.30. The Hall–Kier alpha value is -0.870. The molecule has 3 nitrogen and oxygen atoms in total. The predicted molar refractivity (Wildman–Crippen MR) is 52.0 cm³/mol. The van der Waals surface area contributed by atoms with Crippen LogP contribution in [0.25, 0.3) is 0 Å². The minimum Gasteiger partial charge on any atom is -0.444 e. The standard InChI is InChI=1S/C10H17F2NO2/c1-10(2,3)15-9(14)13-6-4-5-7(13)8(11)12/h7-8H,4-6H2,1-3H3/t7-/m0/s1.